The summed E-state index contributed by atoms with van der Waals surface area (Å²) < 4.78 is 5.64. The van der Waals surface area contributed by atoms with E-state index < -0.39 is 6.09 Å². The number of piperidine rings is 1. The molecule has 1 aromatic rings. The van der Waals surface area contributed by atoms with Crippen LogP contribution < -0.4 is 5.32 Å². The zero-order chi connectivity index (χ0) is 15.2. The maximum atomic E-state index is 12.4. The largest absolute Gasteiger partial charge is 0.450 e. The lowest BCUT2D eigenvalue weighted by Gasteiger charge is -2.32. The molecule has 1 aliphatic heterocycles. The SMILES string of the molecule is CCOC(=O)N[C@@H]1CCCN(C(=O)c2cncc(Br)c2)C1. The fourth-order valence-electron chi connectivity index (χ4n) is 2.33. The highest BCUT2D eigenvalue weighted by Crippen LogP contribution is 2.16. The van der Waals surface area contributed by atoms with E-state index in [1.54, 1.807) is 30.3 Å². The highest BCUT2D eigenvalue weighted by atomic mass is 79.9. The van der Waals surface area contributed by atoms with E-state index in [0.717, 1.165) is 17.3 Å². The number of carbonyl (C=O) groups excluding carboxylic acids is 2. The topological polar surface area (TPSA) is 71.5 Å². The summed E-state index contributed by atoms with van der Waals surface area (Å²) >= 11 is 3.31. The fourth-order valence-corrected chi connectivity index (χ4v) is 2.70. The lowest BCUT2D eigenvalue weighted by Crippen LogP contribution is -2.49. The number of aromatic nitrogens is 1. The highest BCUT2D eigenvalue weighted by Gasteiger charge is 2.26. The van der Waals surface area contributed by atoms with E-state index in [1.165, 1.54) is 0 Å². The van der Waals surface area contributed by atoms with Gasteiger partial charge in [-0.1, -0.05) is 0 Å². The predicted molar refractivity (Wildman–Crippen MR) is 81.0 cm³/mol. The van der Waals surface area contributed by atoms with E-state index in [-0.39, 0.29) is 11.9 Å². The molecule has 2 heterocycles. The molecule has 1 fully saturated rings. The average molecular weight is 356 g/mol. The van der Waals surface area contributed by atoms with Crippen LogP contribution in [0.15, 0.2) is 22.9 Å². The first-order valence-corrected chi connectivity index (χ1v) is 7.72. The van der Waals surface area contributed by atoms with Crippen molar-refractivity contribution in [1.29, 1.82) is 0 Å². The number of pyridine rings is 1. The molecule has 21 heavy (non-hydrogen) atoms. The van der Waals surface area contributed by atoms with Crippen LogP contribution in [0.1, 0.15) is 30.1 Å². The molecular weight excluding hydrogens is 338 g/mol. The third-order valence-electron chi connectivity index (χ3n) is 3.26. The first kappa shape index (κ1) is 15.8. The Bertz CT molecular complexity index is 524. The number of hydrogen-bond acceptors (Lipinski definition) is 4. The van der Waals surface area contributed by atoms with Gasteiger partial charge in [0.05, 0.1) is 12.2 Å². The standard InChI is InChI=1S/C14H18BrN3O3/c1-2-21-14(20)17-12-4-3-5-18(9-12)13(19)10-6-11(15)8-16-7-10/h6-8,12H,2-5,9H2,1H3,(H,17,20)/t12-/m1/s1. The molecule has 0 spiro atoms. The molecule has 0 bridgehead atoms. The molecule has 2 rings (SSSR count). The highest BCUT2D eigenvalue weighted by molar-refractivity contribution is 9.10. The number of ether oxygens (including phenoxy) is 1. The summed E-state index contributed by atoms with van der Waals surface area (Å²) in [4.78, 5) is 29.6. The number of nitrogens with zero attached hydrogens (tertiary/aromatic N) is 2. The molecule has 0 saturated carbocycles. The molecule has 0 aliphatic carbocycles. The van der Waals surface area contributed by atoms with E-state index in [1.807, 2.05) is 0 Å². The van der Waals surface area contributed by atoms with E-state index in [4.69, 9.17) is 4.74 Å². The van der Waals surface area contributed by atoms with Crippen molar-refractivity contribution in [3.63, 3.8) is 0 Å². The van der Waals surface area contributed by atoms with Crippen molar-refractivity contribution in [2.24, 2.45) is 0 Å². The lowest BCUT2D eigenvalue weighted by atomic mass is 10.0. The Labute approximate surface area is 132 Å². The number of nitrogens with one attached hydrogen (secondary N) is 1. The molecule has 1 atom stereocenters. The minimum atomic E-state index is -0.430. The number of likely N-dealkylation sites (tertiary alicyclic amines) is 1. The first-order valence-electron chi connectivity index (χ1n) is 6.93. The van der Waals surface area contributed by atoms with Gasteiger partial charge in [-0.2, -0.15) is 0 Å². The average Bonchev–Trinajstić information content (AvgIpc) is 2.47. The molecule has 1 aromatic heterocycles. The minimum Gasteiger partial charge on any atom is -0.450 e. The zero-order valence-corrected chi connectivity index (χ0v) is 13.4. The van der Waals surface area contributed by atoms with Crippen LogP contribution in [0.5, 0.6) is 0 Å². The van der Waals surface area contributed by atoms with Gasteiger partial charge in [-0.05, 0) is 41.8 Å². The van der Waals surface area contributed by atoms with Crippen molar-refractivity contribution in [2.45, 2.75) is 25.8 Å². The summed E-state index contributed by atoms with van der Waals surface area (Å²) in [6.07, 6.45) is 4.46. The number of alkyl carbamates (subject to hydrolysis) is 1. The maximum Gasteiger partial charge on any atom is 0.407 e. The smallest absolute Gasteiger partial charge is 0.407 e. The van der Waals surface area contributed by atoms with Crippen molar-refractivity contribution in [2.75, 3.05) is 19.7 Å². The van der Waals surface area contributed by atoms with Gasteiger partial charge >= 0.3 is 6.09 Å². The summed E-state index contributed by atoms with van der Waals surface area (Å²) in [5.74, 6) is -0.0702. The van der Waals surface area contributed by atoms with Gasteiger partial charge in [0.15, 0.2) is 0 Å². The van der Waals surface area contributed by atoms with Gasteiger partial charge in [0, 0.05) is 36.0 Å². The number of carbonyl (C=O) groups is 2. The number of halogens is 1. The third-order valence-corrected chi connectivity index (χ3v) is 3.69. The first-order chi connectivity index (χ1) is 10.1. The van der Waals surface area contributed by atoms with Gasteiger partial charge in [-0.15, -0.1) is 0 Å². The Morgan fingerprint density at radius 3 is 3.05 bits per heavy atom. The molecule has 0 aromatic carbocycles. The summed E-state index contributed by atoms with van der Waals surface area (Å²) in [5.41, 5.74) is 0.543. The third kappa shape index (κ3) is 4.42. The van der Waals surface area contributed by atoms with Gasteiger partial charge < -0.3 is 15.0 Å². The Morgan fingerprint density at radius 2 is 2.33 bits per heavy atom. The van der Waals surface area contributed by atoms with Crippen molar-refractivity contribution in [1.82, 2.24) is 15.2 Å². The van der Waals surface area contributed by atoms with Gasteiger partial charge in [-0.3, -0.25) is 9.78 Å². The number of amides is 2. The summed E-state index contributed by atoms with van der Waals surface area (Å²) in [7, 11) is 0. The second kappa shape index (κ2) is 7.40. The van der Waals surface area contributed by atoms with Crippen molar-refractivity contribution < 1.29 is 14.3 Å². The molecule has 1 N–H and O–H groups in total. The van der Waals surface area contributed by atoms with E-state index in [0.29, 0.717) is 25.3 Å². The monoisotopic (exact) mass is 355 g/mol. The minimum absolute atomic E-state index is 0.0677. The van der Waals surface area contributed by atoms with Crippen LogP contribution in [0.3, 0.4) is 0 Å². The summed E-state index contributed by atoms with van der Waals surface area (Å²) in [6.45, 7) is 3.28. The van der Waals surface area contributed by atoms with Crippen LogP contribution >= 0.6 is 15.9 Å². The second-order valence-electron chi connectivity index (χ2n) is 4.85. The summed E-state index contributed by atoms with van der Waals surface area (Å²) in [6, 6.07) is 1.68. The fraction of sp³-hybridized carbons (Fsp3) is 0.500. The van der Waals surface area contributed by atoms with Crippen molar-refractivity contribution in [3.05, 3.63) is 28.5 Å². The Morgan fingerprint density at radius 1 is 1.52 bits per heavy atom. The van der Waals surface area contributed by atoms with Gasteiger partial charge in [0.25, 0.3) is 5.91 Å². The van der Waals surface area contributed by atoms with Crippen molar-refractivity contribution in [3.8, 4) is 0 Å². The van der Waals surface area contributed by atoms with E-state index in [2.05, 4.69) is 26.2 Å². The van der Waals surface area contributed by atoms with Gasteiger partial charge in [0.2, 0.25) is 0 Å². The molecule has 114 valence electrons. The Hall–Kier alpha value is -1.63. The summed E-state index contributed by atoms with van der Waals surface area (Å²) in [5, 5.41) is 2.79. The molecule has 1 saturated heterocycles. The molecule has 6 nitrogen and oxygen atoms in total. The molecule has 0 radical (unpaired) electrons. The quantitative estimate of drug-likeness (QED) is 0.901. The van der Waals surface area contributed by atoms with Gasteiger partial charge in [-0.25, -0.2) is 4.79 Å². The number of rotatable bonds is 3. The normalized spacial score (nSPS) is 18.2. The lowest BCUT2D eigenvalue weighted by molar-refractivity contribution is 0.0685. The van der Waals surface area contributed by atoms with Crippen LogP contribution in [-0.2, 0) is 4.74 Å². The van der Waals surface area contributed by atoms with Crippen molar-refractivity contribution >= 4 is 27.9 Å². The van der Waals surface area contributed by atoms with Crippen LogP contribution in [0.2, 0.25) is 0 Å². The Balaban J connectivity index is 1.97. The van der Waals surface area contributed by atoms with E-state index in [9.17, 15) is 9.59 Å². The zero-order valence-electron chi connectivity index (χ0n) is 11.8. The maximum absolute atomic E-state index is 12.4. The molecule has 1 aliphatic rings. The predicted octanol–water partition coefficient (Wildman–Crippen LogP) is 2.19. The number of hydrogen-bond donors (Lipinski definition) is 1. The van der Waals surface area contributed by atoms with Crippen LogP contribution in [-0.4, -0.2) is 47.6 Å². The van der Waals surface area contributed by atoms with E-state index >= 15 is 0 Å². The Kier molecular flexibility index (Phi) is 5.55. The molecule has 7 heteroatoms. The molecule has 2 amide bonds. The van der Waals surface area contributed by atoms with Crippen LogP contribution in [0.4, 0.5) is 4.79 Å². The van der Waals surface area contributed by atoms with Crippen LogP contribution in [0, 0.1) is 0 Å². The van der Waals surface area contributed by atoms with Gasteiger partial charge in [0.1, 0.15) is 0 Å². The molecular formula is C14H18BrN3O3. The molecule has 0 unspecified atom stereocenters. The van der Waals surface area contributed by atoms with Crippen LogP contribution in [0.25, 0.3) is 0 Å². The second-order valence-corrected chi connectivity index (χ2v) is 5.76.